The first kappa shape index (κ1) is 14.0. The van der Waals surface area contributed by atoms with Crippen molar-refractivity contribution in [2.24, 2.45) is 0 Å². The van der Waals surface area contributed by atoms with Crippen LogP contribution in [0.4, 0.5) is 0 Å². The zero-order valence-electron chi connectivity index (χ0n) is 10.3. The Kier molecular flexibility index (Phi) is 5.25. The third-order valence-electron chi connectivity index (χ3n) is 2.42. The van der Waals surface area contributed by atoms with Gasteiger partial charge in [-0.1, -0.05) is 18.5 Å². The number of hydrogen-bond acceptors (Lipinski definition) is 3. The monoisotopic (exact) mass is 261 g/mol. The van der Waals surface area contributed by atoms with Crippen LogP contribution in [-0.4, -0.2) is 19.3 Å². The molecule has 0 amide bonds. The minimum Gasteiger partial charge on any atom is -0.383 e. The highest BCUT2D eigenvalue weighted by Gasteiger charge is 2.22. The van der Waals surface area contributed by atoms with Gasteiger partial charge in [-0.3, -0.25) is 0 Å². The quantitative estimate of drug-likeness (QED) is 0.840. The first-order chi connectivity index (χ1) is 7.48. The second-order valence-electron chi connectivity index (χ2n) is 4.56. The van der Waals surface area contributed by atoms with Crippen molar-refractivity contribution in [1.29, 1.82) is 0 Å². The molecule has 0 aliphatic heterocycles. The van der Waals surface area contributed by atoms with E-state index in [1.165, 1.54) is 4.88 Å². The van der Waals surface area contributed by atoms with Crippen LogP contribution in [0, 0.1) is 0 Å². The van der Waals surface area contributed by atoms with E-state index >= 15 is 0 Å². The Morgan fingerprint density at radius 1 is 1.50 bits per heavy atom. The van der Waals surface area contributed by atoms with Crippen LogP contribution in [0.15, 0.2) is 12.1 Å². The normalized spacial score (nSPS) is 14.1. The number of ether oxygens (including phenoxy) is 1. The van der Waals surface area contributed by atoms with Crippen LogP contribution in [0.1, 0.15) is 38.1 Å². The standard InChI is InChI=1S/C12H20ClNOS/c1-5-9(10-6-7-11(13)16-10)14-12(2,3)8-15-4/h6-7,9,14H,5,8H2,1-4H3. The van der Waals surface area contributed by atoms with Gasteiger partial charge in [0.25, 0.3) is 0 Å². The van der Waals surface area contributed by atoms with Crippen LogP contribution in [0.2, 0.25) is 4.34 Å². The fourth-order valence-electron chi connectivity index (χ4n) is 1.76. The molecule has 0 bridgehead atoms. The minimum absolute atomic E-state index is 0.0219. The summed E-state index contributed by atoms with van der Waals surface area (Å²) in [7, 11) is 1.73. The maximum Gasteiger partial charge on any atom is 0.0931 e. The lowest BCUT2D eigenvalue weighted by Gasteiger charge is -2.30. The van der Waals surface area contributed by atoms with Gasteiger partial charge in [0.15, 0.2) is 0 Å². The van der Waals surface area contributed by atoms with E-state index < -0.39 is 0 Å². The third kappa shape index (κ3) is 4.06. The molecule has 0 aromatic carbocycles. The second kappa shape index (κ2) is 6.01. The summed E-state index contributed by atoms with van der Waals surface area (Å²) in [5.41, 5.74) is -0.0219. The summed E-state index contributed by atoms with van der Waals surface area (Å²) in [6.45, 7) is 7.17. The van der Waals surface area contributed by atoms with E-state index in [2.05, 4.69) is 32.2 Å². The summed E-state index contributed by atoms with van der Waals surface area (Å²) in [4.78, 5) is 1.29. The van der Waals surface area contributed by atoms with Gasteiger partial charge in [-0.2, -0.15) is 0 Å². The van der Waals surface area contributed by atoms with Gasteiger partial charge in [0.2, 0.25) is 0 Å². The second-order valence-corrected chi connectivity index (χ2v) is 6.31. The molecule has 4 heteroatoms. The van der Waals surface area contributed by atoms with Crippen LogP contribution in [-0.2, 0) is 4.74 Å². The van der Waals surface area contributed by atoms with Crippen molar-refractivity contribution in [3.63, 3.8) is 0 Å². The van der Waals surface area contributed by atoms with Crippen molar-refractivity contribution >= 4 is 22.9 Å². The molecule has 0 saturated heterocycles. The van der Waals surface area contributed by atoms with Gasteiger partial charge < -0.3 is 10.1 Å². The van der Waals surface area contributed by atoms with Gasteiger partial charge in [-0.25, -0.2) is 0 Å². The Hall–Kier alpha value is -0.0900. The molecule has 0 spiro atoms. The van der Waals surface area contributed by atoms with Gasteiger partial charge in [-0.05, 0) is 32.4 Å². The highest BCUT2D eigenvalue weighted by molar-refractivity contribution is 7.16. The number of thiophene rings is 1. The summed E-state index contributed by atoms with van der Waals surface area (Å²) in [5, 5.41) is 3.60. The van der Waals surface area contributed by atoms with Gasteiger partial charge in [0.05, 0.1) is 10.9 Å². The van der Waals surface area contributed by atoms with Crippen LogP contribution in [0.5, 0.6) is 0 Å². The lowest BCUT2D eigenvalue weighted by atomic mass is 10.0. The Morgan fingerprint density at radius 2 is 2.19 bits per heavy atom. The van der Waals surface area contributed by atoms with Gasteiger partial charge in [0.1, 0.15) is 0 Å². The van der Waals surface area contributed by atoms with Crippen LogP contribution < -0.4 is 5.32 Å². The molecule has 1 aromatic heterocycles. The maximum absolute atomic E-state index is 5.96. The average molecular weight is 262 g/mol. The van der Waals surface area contributed by atoms with E-state index in [9.17, 15) is 0 Å². The molecule has 1 heterocycles. The molecule has 0 radical (unpaired) electrons. The lowest BCUT2D eigenvalue weighted by Crippen LogP contribution is -2.45. The van der Waals surface area contributed by atoms with E-state index in [0.29, 0.717) is 12.6 Å². The average Bonchev–Trinajstić information content (AvgIpc) is 2.61. The number of halogens is 1. The lowest BCUT2D eigenvalue weighted by molar-refractivity contribution is 0.120. The maximum atomic E-state index is 5.96. The van der Waals surface area contributed by atoms with Crippen LogP contribution in [0.3, 0.4) is 0 Å². The van der Waals surface area contributed by atoms with E-state index in [1.807, 2.05) is 6.07 Å². The summed E-state index contributed by atoms with van der Waals surface area (Å²) < 4.78 is 6.05. The molecule has 2 nitrogen and oxygen atoms in total. The fraction of sp³-hybridized carbons (Fsp3) is 0.667. The molecular weight excluding hydrogens is 242 g/mol. The Labute approximate surface area is 107 Å². The molecule has 1 N–H and O–H groups in total. The molecule has 16 heavy (non-hydrogen) atoms. The third-order valence-corrected chi connectivity index (χ3v) is 3.76. The molecule has 92 valence electrons. The number of nitrogens with one attached hydrogen (secondary N) is 1. The summed E-state index contributed by atoms with van der Waals surface area (Å²) in [5.74, 6) is 0. The zero-order chi connectivity index (χ0) is 12.2. The fourth-order valence-corrected chi connectivity index (χ4v) is 2.96. The summed E-state index contributed by atoms with van der Waals surface area (Å²) >= 11 is 7.60. The minimum atomic E-state index is -0.0219. The van der Waals surface area contributed by atoms with Gasteiger partial charge in [0, 0.05) is 23.6 Å². The Morgan fingerprint density at radius 3 is 2.62 bits per heavy atom. The van der Waals surface area contributed by atoms with E-state index in [4.69, 9.17) is 16.3 Å². The zero-order valence-corrected chi connectivity index (χ0v) is 11.9. The highest BCUT2D eigenvalue weighted by atomic mass is 35.5. The molecule has 0 aliphatic rings. The Bertz CT molecular complexity index is 325. The predicted octanol–water partition coefficient (Wildman–Crippen LogP) is 3.87. The van der Waals surface area contributed by atoms with Crippen molar-refractivity contribution in [1.82, 2.24) is 5.32 Å². The van der Waals surface area contributed by atoms with E-state index in [1.54, 1.807) is 18.4 Å². The van der Waals surface area contributed by atoms with Gasteiger partial charge in [-0.15, -0.1) is 11.3 Å². The molecule has 1 unspecified atom stereocenters. The topological polar surface area (TPSA) is 21.3 Å². The smallest absolute Gasteiger partial charge is 0.0931 e. The van der Waals surface area contributed by atoms with E-state index in [-0.39, 0.29) is 5.54 Å². The number of methoxy groups -OCH3 is 1. The van der Waals surface area contributed by atoms with Crippen LogP contribution in [0.25, 0.3) is 0 Å². The largest absolute Gasteiger partial charge is 0.383 e. The SMILES string of the molecule is CCC(NC(C)(C)COC)c1ccc(Cl)s1. The van der Waals surface area contributed by atoms with Crippen molar-refractivity contribution in [3.8, 4) is 0 Å². The van der Waals surface area contributed by atoms with Crippen molar-refractivity contribution in [2.75, 3.05) is 13.7 Å². The van der Waals surface area contributed by atoms with Crippen molar-refractivity contribution in [2.45, 2.75) is 38.8 Å². The summed E-state index contributed by atoms with van der Waals surface area (Å²) in [6, 6.07) is 4.40. The van der Waals surface area contributed by atoms with Crippen LogP contribution >= 0.6 is 22.9 Å². The van der Waals surface area contributed by atoms with Crippen molar-refractivity contribution in [3.05, 3.63) is 21.3 Å². The Balaban J connectivity index is 2.69. The summed E-state index contributed by atoms with van der Waals surface area (Å²) in [6.07, 6.45) is 1.05. The molecule has 0 saturated carbocycles. The molecule has 0 fully saturated rings. The van der Waals surface area contributed by atoms with E-state index in [0.717, 1.165) is 10.8 Å². The highest BCUT2D eigenvalue weighted by Crippen LogP contribution is 2.29. The first-order valence-electron chi connectivity index (χ1n) is 5.50. The molecule has 0 aliphatic carbocycles. The first-order valence-corrected chi connectivity index (χ1v) is 6.70. The molecule has 1 aromatic rings. The molecule has 1 rings (SSSR count). The number of hydrogen-bond donors (Lipinski definition) is 1. The van der Waals surface area contributed by atoms with Crippen molar-refractivity contribution < 1.29 is 4.74 Å². The predicted molar refractivity (Wildman–Crippen MR) is 71.5 cm³/mol. The molecule has 1 atom stereocenters. The number of rotatable bonds is 6. The van der Waals surface area contributed by atoms with Gasteiger partial charge >= 0.3 is 0 Å². The molecular formula is C12H20ClNOS.